The standard InChI is InChI=1S/C16H20FNO4/c1-11(12-2-4-13(17)5-3-12)10-14(19)18-8-6-16(22,7-9-18)15(20)21/h2-5,11,22H,6-10H2,1H3,(H,20,21). The van der Waals surface area contributed by atoms with Gasteiger partial charge in [-0.25, -0.2) is 9.18 Å². The first kappa shape index (κ1) is 16.4. The molecule has 1 aliphatic rings. The molecule has 1 aromatic carbocycles. The molecule has 1 aliphatic heterocycles. The lowest BCUT2D eigenvalue weighted by atomic mass is 9.90. The Bertz CT molecular complexity index is 550. The summed E-state index contributed by atoms with van der Waals surface area (Å²) < 4.78 is 12.9. The van der Waals surface area contributed by atoms with Crippen LogP contribution in [0.25, 0.3) is 0 Å². The fourth-order valence-corrected chi connectivity index (χ4v) is 2.64. The van der Waals surface area contributed by atoms with Gasteiger partial charge in [0, 0.05) is 32.4 Å². The SMILES string of the molecule is CC(CC(=O)N1CCC(O)(C(=O)O)CC1)c1ccc(F)cc1. The number of rotatable bonds is 4. The van der Waals surface area contributed by atoms with Gasteiger partial charge in [0.1, 0.15) is 5.82 Å². The van der Waals surface area contributed by atoms with Gasteiger partial charge < -0.3 is 15.1 Å². The van der Waals surface area contributed by atoms with Crippen molar-refractivity contribution < 1.29 is 24.2 Å². The number of aliphatic carboxylic acids is 1. The van der Waals surface area contributed by atoms with Gasteiger partial charge in [-0.15, -0.1) is 0 Å². The van der Waals surface area contributed by atoms with Crippen molar-refractivity contribution >= 4 is 11.9 Å². The van der Waals surface area contributed by atoms with Gasteiger partial charge in [0.05, 0.1) is 0 Å². The van der Waals surface area contributed by atoms with Crippen LogP contribution in [0.15, 0.2) is 24.3 Å². The number of hydrogen-bond donors (Lipinski definition) is 2. The number of aliphatic hydroxyl groups is 1. The van der Waals surface area contributed by atoms with Crippen molar-refractivity contribution in [3.8, 4) is 0 Å². The van der Waals surface area contributed by atoms with E-state index in [0.717, 1.165) is 5.56 Å². The zero-order valence-electron chi connectivity index (χ0n) is 12.5. The van der Waals surface area contributed by atoms with E-state index in [2.05, 4.69) is 0 Å². The molecule has 22 heavy (non-hydrogen) atoms. The zero-order chi connectivity index (χ0) is 16.3. The second-order valence-corrected chi connectivity index (χ2v) is 5.87. The number of likely N-dealkylation sites (tertiary alicyclic amines) is 1. The Labute approximate surface area is 128 Å². The van der Waals surface area contributed by atoms with Gasteiger partial charge in [0.25, 0.3) is 0 Å². The summed E-state index contributed by atoms with van der Waals surface area (Å²) in [5.74, 6) is -1.68. The molecular weight excluding hydrogens is 289 g/mol. The van der Waals surface area contributed by atoms with Gasteiger partial charge in [0.15, 0.2) is 5.60 Å². The van der Waals surface area contributed by atoms with Crippen molar-refractivity contribution in [3.63, 3.8) is 0 Å². The quantitative estimate of drug-likeness (QED) is 0.888. The van der Waals surface area contributed by atoms with Gasteiger partial charge >= 0.3 is 5.97 Å². The minimum absolute atomic E-state index is 0.0407. The van der Waals surface area contributed by atoms with E-state index in [1.807, 2.05) is 6.92 Å². The van der Waals surface area contributed by atoms with Crippen LogP contribution < -0.4 is 0 Å². The van der Waals surface area contributed by atoms with Gasteiger partial charge in [-0.2, -0.15) is 0 Å². The maximum atomic E-state index is 12.9. The van der Waals surface area contributed by atoms with Crippen LogP contribution in [-0.2, 0) is 9.59 Å². The van der Waals surface area contributed by atoms with Crippen LogP contribution in [0, 0.1) is 5.82 Å². The van der Waals surface area contributed by atoms with E-state index in [1.165, 1.54) is 12.1 Å². The van der Waals surface area contributed by atoms with Gasteiger partial charge in [0.2, 0.25) is 5.91 Å². The highest BCUT2D eigenvalue weighted by Crippen LogP contribution is 2.25. The lowest BCUT2D eigenvalue weighted by molar-refractivity contribution is -0.165. The molecule has 0 bridgehead atoms. The summed E-state index contributed by atoms with van der Waals surface area (Å²) in [6, 6.07) is 6.05. The first-order valence-electron chi connectivity index (χ1n) is 7.31. The molecular formula is C16H20FNO4. The summed E-state index contributed by atoms with van der Waals surface area (Å²) in [4.78, 5) is 24.8. The average Bonchev–Trinajstić information content (AvgIpc) is 2.48. The van der Waals surface area contributed by atoms with E-state index < -0.39 is 11.6 Å². The van der Waals surface area contributed by atoms with Crippen LogP contribution >= 0.6 is 0 Å². The highest BCUT2D eigenvalue weighted by molar-refractivity contribution is 5.80. The maximum absolute atomic E-state index is 12.9. The first-order valence-corrected chi connectivity index (χ1v) is 7.31. The third kappa shape index (κ3) is 3.62. The van der Waals surface area contributed by atoms with Crippen molar-refractivity contribution in [3.05, 3.63) is 35.6 Å². The van der Waals surface area contributed by atoms with Crippen LogP contribution in [0.4, 0.5) is 4.39 Å². The van der Waals surface area contributed by atoms with Gasteiger partial charge in [-0.1, -0.05) is 19.1 Å². The second-order valence-electron chi connectivity index (χ2n) is 5.87. The summed E-state index contributed by atoms with van der Waals surface area (Å²) >= 11 is 0. The molecule has 1 fully saturated rings. The van der Waals surface area contributed by atoms with E-state index in [4.69, 9.17) is 5.11 Å². The molecule has 0 saturated carbocycles. The molecule has 2 N–H and O–H groups in total. The van der Waals surface area contributed by atoms with E-state index in [9.17, 15) is 19.1 Å². The molecule has 2 rings (SSSR count). The normalized spacial score (nSPS) is 18.8. The molecule has 0 radical (unpaired) electrons. The Morgan fingerprint density at radius 2 is 1.82 bits per heavy atom. The molecule has 0 spiro atoms. The summed E-state index contributed by atoms with van der Waals surface area (Å²) in [7, 11) is 0. The van der Waals surface area contributed by atoms with Crippen molar-refractivity contribution in [2.24, 2.45) is 0 Å². The average molecular weight is 309 g/mol. The number of halogens is 1. The van der Waals surface area contributed by atoms with Crippen molar-refractivity contribution in [2.75, 3.05) is 13.1 Å². The minimum atomic E-state index is -1.72. The van der Waals surface area contributed by atoms with Gasteiger partial charge in [-0.05, 0) is 23.6 Å². The molecule has 1 saturated heterocycles. The molecule has 1 unspecified atom stereocenters. The molecule has 0 aliphatic carbocycles. The van der Waals surface area contributed by atoms with E-state index >= 15 is 0 Å². The minimum Gasteiger partial charge on any atom is -0.479 e. The monoisotopic (exact) mass is 309 g/mol. The number of amides is 1. The molecule has 1 atom stereocenters. The summed E-state index contributed by atoms with van der Waals surface area (Å²) in [5, 5.41) is 18.8. The van der Waals surface area contributed by atoms with Crippen LogP contribution in [0.1, 0.15) is 37.7 Å². The van der Waals surface area contributed by atoms with Crippen molar-refractivity contribution in [1.82, 2.24) is 4.90 Å². The molecule has 5 nitrogen and oxygen atoms in total. The molecule has 0 aromatic heterocycles. The van der Waals surface area contributed by atoms with Crippen LogP contribution in [0.5, 0.6) is 0 Å². The van der Waals surface area contributed by atoms with E-state index in [0.29, 0.717) is 0 Å². The predicted molar refractivity (Wildman–Crippen MR) is 77.8 cm³/mol. The van der Waals surface area contributed by atoms with Gasteiger partial charge in [-0.3, -0.25) is 4.79 Å². The van der Waals surface area contributed by atoms with Crippen LogP contribution in [0.3, 0.4) is 0 Å². The highest BCUT2D eigenvalue weighted by Gasteiger charge is 2.40. The lowest BCUT2D eigenvalue weighted by Crippen LogP contribution is -2.50. The highest BCUT2D eigenvalue weighted by atomic mass is 19.1. The topological polar surface area (TPSA) is 77.8 Å². The Hall–Kier alpha value is -1.95. The Morgan fingerprint density at radius 3 is 2.32 bits per heavy atom. The summed E-state index contributed by atoms with van der Waals surface area (Å²) in [6.45, 7) is 2.36. The Kier molecular flexibility index (Phi) is 4.81. The number of carbonyl (C=O) groups excluding carboxylic acids is 1. The number of benzene rings is 1. The summed E-state index contributed by atoms with van der Waals surface area (Å²) in [6.07, 6.45) is 0.356. The number of hydrogen-bond acceptors (Lipinski definition) is 3. The third-order valence-corrected chi connectivity index (χ3v) is 4.26. The van der Waals surface area contributed by atoms with E-state index in [-0.39, 0.29) is 50.0 Å². The third-order valence-electron chi connectivity index (χ3n) is 4.26. The fraction of sp³-hybridized carbons (Fsp3) is 0.500. The largest absolute Gasteiger partial charge is 0.479 e. The molecule has 1 heterocycles. The van der Waals surface area contributed by atoms with Crippen molar-refractivity contribution in [1.29, 1.82) is 0 Å². The van der Waals surface area contributed by atoms with E-state index in [1.54, 1.807) is 17.0 Å². The fourth-order valence-electron chi connectivity index (χ4n) is 2.64. The Balaban J connectivity index is 1.90. The zero-order valence-corrected chi connectivity index (χ0v) is 12.5. The Morgan fingerprint density at radius 1 is 1.27 bits per heavy atom. The molecule has 1 aromatic rings. The number of piperidine rings is 1. The lowest BCUT2D eigenvalue weighted by Gasteiger charge is -2.35. The van der Waals surface area contributed by atoms with Crippen LogP contribution in [-0.4, -0.2) is 45.7 Å². The first-order chi connectivity index (χ1) is 10.3. The smallest absolute Gasteiger partial charge is 0.335 e. The van der Waals surface area contributed by atoms with Crippen molar-refractivity contribution in [2.45, 2.75) is 37.7 Å². The predicted octanol–water partition coefficient (Wildman–Crippen LogP) is 1.76. The number of carbonyl (C=O) groups is 2. The number of carboxylic acids is 1. The number of nitrogens with zero attached hydrogens (tertiary/aromatic N) is 1. The molecule has 1 amide bonds. The van der Waals surface area contributed by atoms with Crippen LogP contribution in [0.2, 0.25) is 0 Å². The number of carboxylic acid groups (broad SMARTS) is 1. The summed E-state index contributed by atoms with van der Waals surface area (Å²) in [5.41, 5.74) is -0.840. The maximum Gasteiger partial charge on any atom is 0.335 e. The molecule has 6 heteroatoms. The second kappa shape index (κ2) is 6.44. The molecule has 120 valence electrons.